The summed E-state index contributed by atoms with van der Waals surface area (Å²) in [4.78, 5) is 17.4. The minimum absolute atomic E-state index is 0.180. The summed E-state index contributed by atoms with van der Waals surface area (Å²) in [5.41, 5.74) is 3.17. The molecule has 140 valence electrons. The van der Waals surface area contributed by atoms with E-state index < -0.39 is 0 Å². The summed E-state index contributed by atoms with van der Waals surface area (Å²) in [5, 5.41) is 9.31. The third-order valence-corrected chi connectivity index (χ3v) is 4.12. The maximum absolute atomic E-state index is 12.9. The second-order valence-electron chi connectivity index (χ2n) is 6.41. The predicted molar refractivity (Wildman–Crippen MR) is 106 cm³/mol. The fourth-order valence-electron chi connectivity index (χ4n) is 2.82. The van der Waals surface area contributed by atoms with E-state index >= 15 is 0 Å². The number of hydrazone groups is 1. The average molecular weight is 355 g/mol. The molecule has 0 bridgehead atoms. The van der Waals surface area contributed by atoms with Crippen LogP contribution in [0, 0.1) is 13.8 Å². The van der Waals surface area contributed by atoms with E-state index in [2.05, 4.69) is 35.8 Å². The summed E-state index contributed by atoms with van der Waals surface area (Å²) in [6.45, 7) is 12.7. The Balaban J connectivity index is 2.29. The first kappa shape index (κ1) is 19.7. The Bertz CT molecular complexity index is 806. The van der Waals surface area contributed by atoms with Crippen molar-refractivity contribution in [3.05, 3.63) is 48.1 Å². The third-order valence-electron chi connectivity index (χ3n) is 4.12. The molecule has 0 aliphatic carbocycles. The Morgan fingerprint density at radius 2 is 2.15 bits per heavy atom. The van der Waals surface area contributed by atoms with Crippen LogP contribution in [0.5, 0.6) is 0 Å². The largest absolute Gasteiger partial charge is 0.308 e. The van der Waals surface area contributed by atoms with Gasteiger partial charge in [0, 0.05) is 36.8 Å². The Hall–Kier alpha value is -2.63. The van der Waals surface area contributed by atoms with E-state index in [1.54, 1.807) is 17.3 Å². The number of carbonyl (C=O) groups excluding carboxylic acids is 1. The molecule has 6 nitrogen and oxygen atoms in total. The molecule has 2 heterocycles. The molecule has 0 fully saturated rings. The van der Waals surface area contributed by atoms with Crippen molar-refractivity contribution in [2.75, 3.05) is 6.54 Å². The molecule has 2 rings (SSSR count). The van der Waals surface area contributed by atoms with Gasteiger partial charge in [-0.15, -0.1) is 0 Å². The van der Waals surface area contributed by atoms with Crippen molar-refractivity contribution < 1.29 is 4.79 Å². The zero-order chi connectivity index (χ0) is 19.1. The zero-order valence-corrected chi connectivity index (χ0v) is 16.2. The van der Waals surface area contributed by atoms with E-state index in [9.17, 15) is 4.79 Å². The Kier molecular flexibility index (Phi) is 6.95. The molecule has 1 N–H and O–H groups in total. The normalized spacial score (nSPS) is 11.6. The highest BCUT2D eigenvalue weighted by molar-refractivity contribution is 6.09. The fourth-order valence-corrected chi connectivity index (χ4v) is 2.82. The van der Waals surface area contributed by atoms with Crippen molar-refractivity contribution in [3.63, 3.8) is 0 Å². The first-order chi connectivity index (χ1) is 12.5. The van der Waals surface area contributed by atoms with Crippen molar-refractivity contribution in [1.82, 2.24) is 19.7 Å². The lowest BCUT2D eigenvalue weighted by atomic mass is 10.2. The lowest BCUT2D eigenvalue weighted by molar-refractivity contribution is 0.0977. The summed E-state index contributed by atoms with van der Waals surface area (Å²) in [6, 6.07) is 3.80. The second kappa shape index (κ2) is 9.17. The molecule has 0 radical (unpaired) electrons. The molecule has 0 aromatic carbocycles. The summed E-state index contributed by atoms with van der Waals surface area (Å²) in [7, 11) is 0. The number of hydrogen-bond donors (Lipinski definition) is 1. The van der Waals surface area contributed by atoms with Crippen LogP contribution >= 0.6 is 0 Å². The maximum Gasteiger partial charge on any atom is 0.260 e. The van der Waals surface area contributed by atoms with Crippen LogP contribution in [-0.2, 0) is 0 Å². The van der Waals surface area contributed by atoms with Gasteiger partial charge in [0.2, 0.25) is 0 Å². The minimum Gasteiger partial charge on any atom is -0.308 e. The van der Waals surface area contributed by atoms with Gasteiger partial charge in [-0.3, -0.25) is 9.80 Å². The molecule has 0 aliphatic rings. The highest BCUT2D eigenvalue weighted by Crippen LogP contribution is 2.14. The van der Waals surface area contributed by atoms with Crippen LogP contribution in [0.25, 0.3) is 5.65 Å². The zero-order valence-electron chi connectivity index (χ0n) is 16.2. The number of unbranched alkanes of at least 4 members (excludes halogenated alkanes) is 1. The van der Waals surface area contributed by atoms with Crippen LogP contribution in [-0.4, -0.2) is 32.7 Å². The van der Waals surface area contributed by atoms with Crippen LogP contribution in [0.15, 0.2) is 36.2 Å². The topological polar surface area (TPSA) is 62.0 Å². The van der Waals surface area contributed by atoms with Crippen LogP contribution in [0.3, 0.4) is 0 Å². The van der Waals surface area contributed by atoms with Crippen molar-refractivity contribution in [2.24, 2.45) is 5.10 Å². The molecule has 6 heteroatoms. The number of carbonyl (C=O) groups is 1. The van der Waals surface area contributed by atoms with E-state index in [0.29, 0.717) is 23.5 Å². The Morgan fingerprint density at radius 3 is 2.81 bits per heavy atom. The van der Waals surface area contributed by atoms with Gasteiger partial charge in [0.1, 0.15) is 11.5 Å². The minimum atomic E-state index is -0.180. The van der Waals surface area contributed by atoms with Crippen molar-refractivity contribution in [1.29, 1.82) is 0 Å². The molecular weight excluding hydrogens is 326 g/mol. The summed E-state index contributed by atoms with van der Waals surface area (Å²) in [5.74, 6) is 0.481. The van der Waals surface area contributed by atoms with Gasteiger partial charge in [-0.05, 0) is 38.8 Å². The van der Waals surface area contributed by atoms with Gasteiger partial charge in [0.25, 0.3) is 5.91 Å². The number of fused-ring (bicyclic) bond motifs is 1. The van der Waals surface area contributed by atoms with Gasteiger partial charge >= 0.3 is 0 Å². The maximum atomic E-state index is 12.9. The number of aryl methyl sites for hydroxylation is 2. The first-order valence-electron chi connectivity index (χ1n) is 9.23. The summed E-state index contributed by atoms with van der Waals surface area (Å²) >= 11 is 0. The van der Waals surface area contributed by atoms with Crippen molar-refractivity contribution in [2.45, 2.75) is 53.4 Å². The van der Waals surface area contributed by atoms with E-state index in [1.807, 2.05) is 30.5 Å². The van der Waals surface area contributed by atoms with Gasteiger partial charge in [-0.2, -0.15) is 5.10 Å². The van der Waals surface area contributed by atoms with E-state index in [0.717, 1.165) is 37.2 Å². The Labute approximate surface area is 155 Å². The molecule has 2 aromatic heterocycles. The lowest BCUT2D eigenvalue weighted by Gasteiger charge is -2.16. The smallest absolute Gasteiger partial charge is 0.260 e. The number of amides is 1. The summed E-state index contributed by atoms with van der Waals surface area (Å²) < 4.78 is 1.93. The van der Waals surface area contributed by atoms with Gasteiger partial charge in [0.05, 0.1) is 5.56 Å². The molecule has 0 atom stereocenters. The van der Waals surface area contributed by atoms with Crippen LogP contribution in [0.4, 0.5) is 0 Å². The SMILES string of the molecule is C=CN(CCC)/N=C(\CCCC)NC(=O)c1ccn2c(C)cc(C)nc12. The molecule has 0 unspecified atom stereocenters. The van der Waals surface area contributed by atoms with Gasteiger partial charge < -0.3 is 9.72 Å². The highest BCUT2D eigenvalue weighted by atomic mass is 16.1. The van der Waals surface area contributed by atoms with Gasteiger partial charge in [-0.1, -0.05) is 26.8 Å². The molecule has 1 amide bonds. The monoisotopic (exact) mass is 355 g/mol. The van der Waals surface area contributed by atoms with Crippen LogP contribution < -0.4 is 5.32 Å². The fraction of sp³-hybridized carbons (Fsp3) is 0.450. The second-order valence-corrected chi connectivity index (χ2v) is 6.41. The number of amidine groups is 1. The third kappa shape index (κ3) is 4.71. The lowest BCUT2D eigenvalue weighted by Crippen LogP contribution is -2.32. The number of nitrogens with one attached hydrogen (secondary N) is 1. The van der Waals surface area contributed by atoms with Crippen LogP contribution in [0.2, 0.25) is 0 Å². The molecule has 0 aliphatic heterocycles. The average Bonchev–Trinajstić information content (AvgIpc) is 3.03. The van der Waals surface area contributed by atoms with Crippen LogP contribution in [0.1, 0.15) is 61.3 Å². The molecule has 0 saturated carbocycles. The van der Waals surface area contributed by atoms with E-state index in [-0.39, 0.29) is 5.91 Å². The van der Waals surface area contributed by atoms with Gasteiger partial charge in [-0.25, -0.2) is 4.98 Å². The molecular formula is C20H29N5O. The van der Waals surface area contributed by atoms with E-state index in [4.69, 9.17) is 0 Å². The number of hydrogen-bond acceptors (Lipinski definition) is 4. The number of rotatable bonds is 8. The number of aromatic nitrogens is 2. The number of nitrogens with zero attached hydrogens (tertiary/aromatic N) is 4. The highest BCUT2D eigenvalue weighted by Gasteiger charge is 2.16. The predicted octanol–water partition coefficient (Wildman–Crippen LogP) is 4.04. The van der Waals surface area contributed by atoms with Crippen molar-refractivity contribution >= 4 is 17.4 Å². The van der Waals surface area contributed by atoms with Crippen molar-refractivity contribution in [3.8, 4) is 0 Å². The van der Waals surface area contributed by atoms with E-state index in [1.165, 1.54) is 0 Å². The quantitative estimate of drug-likeness (QED) is 0.442. The standard InChI is InChI=1S/C20H29N5O/c1-6-9-10-18(23-24(8-3)12-7-2)22-20(26)17-11-13-25-16(5)14-15(4)21-19(17)25/h8,11,13-14H,3,6-7,9-10,12H2,1-2,4-5H3,(H,22,23,26). The Morgan fingerprint density at radius 1 is 1.38 bits per heavy atom. The molecule has 0 saturated heterocycles. The van der Waals surface area contributed by atoms with Gasteiger partial charge in [0.15, 0.2) is 0 Å². The molecule has 2 aromatic rings. The molecule has 26 heavy (non-hydrogen) atoms. The summed E-state index contributed by atoms with van der Waals surface area (Å²) in [6.07, 6.45) is 7.23. The first-order valence-corrected chi connectivity index (χ1v) is 9.23. The molecule has 0 spiro atoms.